The fraction of sp³-hybridized carbons (Fsp3) is 0.375. The highest BCUT2D eigenvalue weighted by Crippen LogP contribution is 2.47. The topological polar surface area (TPSA) is 118 Å². The summed E-state index contributed by atoms with van der Waals surface area (Å²) in [6, 6.07) is 10.6. The number of furan rings is 1. The number of fused-ring (bicyclic) bond motifs is 1. The molecule has 184 valence electrons. The summed E-state index contributed by atoms with van der Waals surface area (Å²) in [4.78, 5) is 12.9. The van der Waals surface area contributed by atoms with E-state index in [4.69, 9.17) is 20.7 Å². The minimum Gasteiger partial charge on any atom is -0.455 e. The summed E-state index contributed by atoms with van der Waals surface area (Å²) in [5.74, 6) is 0.270. The summed E-state index contributed by atoms with van der Waals surface area (Å²) in [5, 5.41) is 13.4. The van der Waals surface area contributed by atoms with Crippen LogP contribution < -0.4 is 10.0 Å². The number of hydrogen-bond acceptors (Lipinski definition) is 6. The number of hydrogen-bond donors (Lipinski definition) is 3. The minimum absolute atomic E-state index is 0.00841. The van der Waals surface area contributed by atoms with Gasteiger partial charge in [0.25, 0.3) is 5.91 Å². The Morgan fingerprint density at radius 1 is 1.23 bits per heavy atom. The zero-order valence-corrected chi connectivity index (χ0v) is 20.8. The highest BCUT2D eigenvalue weighted by Gasteiger charge is 2.32. The number of sulfonamides is 1. The summed E-state index contributed by atoms with van der Waals surface area (Å²) in [6.45, 7) is 0.359. The summed E-state index contributed by atoms with van der Waals surface area (Å²) >= 11 is 6.03. The summed E-state index contributed by atoms with van der Waals surface area (Å²) in [7, 11) is -2.90. The molecule has 8 nitrogen and oxygen atoms in total. The van der Waals surface area contributed by atoms with Gasteiger partial charge in [-0.15, -0.1) is 0 Å². The van der Waals surface area contributed by atoms with Crippen molar-refractivity contribution in [2.45, 2.75) is 31.5 Å². The molecule has 2 heterocycles. The predicted octanol–water partition coefficient (Wildman–Crippen LogP) is 4.25. The molecular weight excluding hydrogens is 491 g/mol. The summed E-state index contributed by atoms with van der Waals surface area (Å²) in [5.41, 5.74) is 2.85. The summed E-state index contributed by atoms with van der Waals surface area (Å²) in [6.07, 6.45) is 2.75. The monoisotopic (exact) mass is 516 g/mol. The molecular formula is C24H26BClN2O6S. The van der Waals surface area contributed by atoms with Crippen molar-refractivity contribution in [2.75, 3.05) is 24.1 Å². The molecule has 11 heteroatoms. The van der Waals surface area contributed by atoms with Gasteiger partial charge in [-0.1, -0.05) is 11.6 Å². The van der Waals surface area contributed by atoms with Gasteiger partial charge in [-0.25, -0.2) is 8.42 Å². The van der Waals surface area contributed by atoms with Crippen LogP contribution in [0.15, 0.2) is 40.8 Å². The SMILES string of the molecule is CNC(=O)c1c(-c2ccc(Cl)cc2)oc2cc(NS(=O)(=O)CCC3COB(O)C3)c(C3CC3)cc12. The van der Waals surface area contributed by atoms with Crippen molar-refractivity contribution in [3.63, 3.8) is 0 Å². The molecule has 1 amide bonds. The average molecular weight is 517 g/mol. The van der Waals surface area contributed by atoms with E-state index < -0.39 is 17.1 Å². The number of halogens is 1. The Morgan fingerprint density at radius 3 is 2.60 bits per heavy atom. The maximum atomic E-state index is 12.9. The van der Waals surface area contributed by atoms with Crippen molar-refractivity contribution >= 4 is 51.3 Å². The van der Waals surface area contributed by atoms with Gasteiger partial charge in [0, 0.05) is 35.7 Å². The molecule has 2 fully saturated rings. The first kappa shape index (κ1) is 24.2. The van der Waals surface area contributed by atoms with E-state index in [0.29, 0.717) is 57.9 Å². The smallest absolute Gasteiger partial charge is 0.454 e. The molecule has 1 aromatic heterocycles. The fourth-order valence-corrected chi connectivity index (χ4v) is 5.93. The van der Waals surface area contributed by atoms with Crippen LogP contribution in [0.3, 0.4) is 0 Å². The molecule has 0 spiro atoms. The summed E-state index contributed by atoms with van der Waals surface area (Å²) < 4.78 is 39.9. The van der Waals surface area contributed by atoms with E-state index in [1.807, 2.05) is 6.07 Å². The van der Waals surface area contributed by atoms with Crippen molar-refractivity contribution in [2.24, 2.45) is 5.92 Å². The van der Waals surface area contributed by atoms with Crippen molar-refractivity contribution in [3.8, 4) is 11.3 Å². The number of benzene rings is 2. The number of nitrogens with one attached hydrogen (secondary N) is 2. The molecule has 0 radical (unpaired) electrons. The number of carbonyl (C=O) groups excluding carboxylic acids is 1. The number of anilines is 1. The van der Waals surface area contributed by atoms with Crippen molar-refractivity contribution in [1.29, 1.82) is 0 Å². The van der Waals surface area contributed by atoms with Crippen molar-refractivity contribution in [3.05, 3.63) is 52.5 Å². The quantitative estimate of drug-likeness (QED) is 0.385. The van der Waals surface area contributed by atoms with Crippen LogP contribution in [0, 0.1) is 5.92 Å². The number of carbonyl (C=O) groups is 1. The third-order valence-electron chi connectivity index (χ3n) is 6.56. The first-order chi connectivity index (χ1) is 16.7. The van der Waals surface area contributed by atoms with Gasteiger partial charge in [-0.3, -0.25) is 9.52 Å². The molecule has 5 rings (SSSR count). The van der Waals surface area contributed by atoms with Crippen LogP contribution in [0.1, 0.15) is 41.1 Å². The van der Waals surface area contributed by atoms with Gasteiger partial charge >= 0.3 is 7.12 Å². The lowest BCUT2D eigenvalue weighted by molar-refractivity contribution is 0.0964. The standard InChI is InChI=1S/C24H26BClN2O6S/c1-27-24(29)22-19-10-18(15-2-3-15)20(28-35(31,32)9-8-14-12-25(30)33-13-14)11-21(19)34-23(22)16-4-6-17(26)7-5-16/h4-7,10-11,14-15,28,30H,2-3,8-9,12-13H2,1H3,(H,27,29). The third-order valence-corrected chi connectivity index (χ3v) is 8.11. The van der Waals surface area contributed by atoms with E-state index in [-0.39, 0.29) is 23.5 Å². The van der Waals surface area contributed by atoms with Crippen molar-refractivity contribution < 1.29 is 27.3 Å². The van der Waals surface area contributed by atoms with E-state index in [1.54, 1.807) is 37.4 Å². The third kappa shape index (κ3) is 5.21. The van der Waals surface area contributed by atoms with Crippen LogP contribution in [-0.4, -0.2) is 45.9 Å². The van der Waals surface area contributed by atoms with Crippen molar-refractivity contribution in [1.82, 2.24) is 5.32 Å². The van der Waals surface area contributed by atoms with E-state index in [0.717, 1.165) is 18.4 Å². The van der Waals surface area contributed by atoms with E-state index in [2.05, 4.69) is 10.0 Å². The first-order valence-electron chi connectivity index (χ1n) is 11.6. The Hall–Kier alpha value is -2.53. The molecule has 1 saturated heterocycles. The average Bonchev–Trinajstić information content (AvgIpc) is 3.48. The van der Waals surface area contributed by atoms with Gasteiger partial charge in [0.05, 0.1) is 17.0 Å². The minimum atomic E-state index is -3.64. The lowest BCUT2D eigenvalue weighted by Crippen LogP contribution is -2.20. The highest BCUT2D eigenvalue weighted by atomic mass is 35.5. The van der Waals surface area contributed by atoms with Gasteiger partial charge in [-0.05, 0) is 73.3 Å². The molecule has 1 aliphatic heterocycles. The molecule has 1 saturated carbocycles. The molecule has 3 aromatic rings. The van der Waals surface area contributed by atoms with Crippen LogP contribution in [-0.2, 0) is 14.7 Å². The Morgan fingerprint density at radius 2 is 1.97 bits per heavy atom. The maximum Gasteiger partial charge on any atom is 0.454 e. The number of amides is 1. The largest absolute Gasteiger partial charge is 0.455 e. The second-order valence-electron chi connectivity index (χ2n) is 9.20. The van der Waals surface area contributed by atoms with Crippen LogP contribution in [0.25, 0.3) is 22.3 Å². The van der Waals surface area contributed by atoms with Gasteiger partial charge < -0.3 is 19.4 Å². The second kappa shape index (κ2) is 9.50. The molecule has 2 aliphatic rings. The molecule has 1 aliphatic carbocycles. The Labute approximate surface area is 209 Å². The predicted molar refractivity (Wildman–Crippen MR) is 136 cm³/mol. The van der Waals surface area contributed by atoms with E-state index >= 15 is 0 Å². The number of rotatable bonds is 8. The van der Waals surface area contributed by atoms with Crippen LogP contribution in [0.4, 0.5) is 5.69 Å². The molecule has 1 atom stereocenters. The Kier molecular flexibility index (Phi) is 6.56. The Bertz CT molecular complexity index is 1370. The Balaban J connectivity index is 1.52. The van der Waals surface area contributed by atoms with Gasteiger partial charge in [0.15, 0.2) is 0 Å². The first-order valence-corrected chi connectivity index (χ1v) is 13.7. The van der Waals surface area contributed by atoms with Crippen LogP contribution in [0.5, 0.6) is 0 Å². The molecule has 1 unspecified atom stereocenters. The molecule has 3 N–H and O–H groups in total. The fourth-order valence-electron chi connectivity index (χ4n) is 4.55. The molecule has 35 heavy (non-hydrogen) atoms. The maximum absolute atomic E-state index is 12.9. The zero-order chi connectivity index (χ0) is 24.7. The lowest BCUT2D eigenvalue weighted by atomic mass is 9.81. The molecule has 2 aromatic carbocycles. The van der Waals surface area contributed by atoms with E-state index in [1.165, 1.54) is 0 Å². The molecule has 0 bridgehead atoms. The second-order valence-corrected chi connectivity index (χ2v) is 11.5. The zero-order valence-electron chi connectivity index (χ0n) is 19.2. The van der Waals surface area contributed by atoms with Gasteiger partial charge in [0.1, 0.15) is 11.3 Å². The lowest BCUT2D eigenvalue weighted by Gasteiger charge is -2.14. The van der Waals surface area contributed by atoms with Gasteiger partial charge in [-0.2, -0.15) is 0 Å². The van der Waals surface area contributed by atoms with Gasteiger partial charge in [0.2, 0.25) is 10.0 Å². The van der Waals surface area contributed by atoms with E-state index in [9.17, 15) is 18.2 Å². The normalized spacial score (nSPS) is 18.3. The highest BCUT2D eigenvalue weighted by molar-refractivity contribution is 7.92. The van der Waals surface area contributed by atoms with Crippen LogP contribution in [0.2, 0.25) is 11.3 Å². The van der Waals surface area contributed by atoms with Crippen LogP contribution >= 0.6 is 11.6 Å².